The third-order valence-electron chi connectivity index (χ3n) is 4.70. The van der Waals surface area contributed by atoms with Gasteiger partial charge in [0, 0.05) is 11.8 Å². The second-order valence-electron chi connectivity index (χ2n) is 6.39. The van der Waals surface area contributed by atoms with E-state index in [1.165, 1.54) is 0 Å². The van der Waals surface area contributed by atoms with E-state index in [4.69, 9.17) is 9.47 Å². The number of hydrogen-bond acceptors (Lipinski definition) is 5. The Balaban J connectivity index is 1.37. The highest BCUT2D eigenvalue weighted by molar-refractivity contribution is 6.39. The van der Waals surface area contributed by atoms with Crippen LogP contribution in [-0.2, 0) is 21.6 Å². The Kier molecular flexibility index (Phi) is 4.00. The summed E-state index contributed by atoms with van der Waals surface area (Å²) in [6, 6.07) is 12.5. The van der Waals surface area contributed by atoms with Gasteiger partial charge in [-0.1, -0.05) is 24.3 Å². The van der Waals surface area contributed by atoms with Crippen LogP contribution in [0.3, 0.4) is 0 Å². The van der Waals surface area contributed by atoms with E-state index in [0.717, 1.165) is 17.5 Å². The van der Waals surface area contributed by atoms with E-state index in [0.29, 0.717) is 23.6 Å². The van der Waals surface area contributed by atoms with Crippen molar-refractivity contribution in [2.75, 3.05) is 18.7 Å². The summed E-state index contributed by atoms with van der Waals surface area (Å²) in [6.07, 6.45) is 1.25. The van der Waals surface area contributed by atoms with Crippen LogP contribution >= 0.6 is 0 Å². The van der Waals surface area contributed by atoms with Crippen molar-refractivity contribution in [2.45, 2.75) is 18.4 Å². The lowest BCUT2D eigenvalue weighted by atomic mass is 9.96. The molecule has 134 valence electrons. The number of amides is 2. The van der Waals surface area contributed by atoms with E-state index >= 15 is 0 Å². The molecule has 7 nitrogen and oxygen atoms in total. The lowest BCUT2D eigenvalue weighted by Gasteiger charge is -2.24. The normalized spacial score (nSPS) is 19.7. The number of hydrogen-bond donors (Lipinski definition) is 3. The molecular formula is C19H18N2O5. The molecule has 0 saturated carbocycles. The third kappa shape index (κ3) is 2.97. The molecule has 1 unspecified atom stereocenters. The Labute approximate surface area is 149 Å². The van der Waals surface area contributed by atoms with Gasteiger partial charge in [-0.3, -0.25) is 9.59 Å². The number of anilines is 1. The van der Waals surface area contributed by atoms with Crippen LogP contribution in [0.5, 0.6) is 11.5 Å². The molecule has 0 bridgehead atoms. The average molecular weight is 354 g/mol. The van der Waals surface area contributed by atoms with Crippen LogP contribution in [0.2, 0.25) is 0 Å². The number of aryl methyl sites for hydroxylation is 1. The van der Waals surface area contributed by atoms with Crippen LogP contribution in [0.15, 0.2) is 42.5 Å². The maximum absolute atomic E-state index is 12.1. The molecule has 3 N–H and O–H groups in total. The highest BCUT2D eigenvalue weighted by atomic mass is 16.7. The molecule has 2 amide bonds. The van der Waals surface area contributed by atoms with Crippen molar-refractivity contribution in [3.8, 4) is 11.5 Å². The molecule has 0 spiro atoms. The summed E-state index contributed by atoms with van der Waals surface area (Å²) in [5.41, 5.74) is 1.15. The van der Waals surface area contributed by atoms with Crippen LogP contribution in [-0.4, -0.2) is 30.3 Å². The molecular weight excluding hydrogens is 336 g/mol. The standard InChI is InChI=1S/C19H18N2O5/c22-17(18(23)21-13-5-6-15-16(9-13)26-11-25-15)20-10-19(24)8-7-12-3-1-2-4-14(12)19/h1-6,9,24H,7-8,10-11H2,(H,20,22)(H,21,23). The number of nitrogens with one attached hydrogen (secondary N) is 2. The maximum atomic E-state index is 12.1. The van der Waals surface area contributed by atoms with E-state index in [-0.39, 0.29) is 13.3 Å². The van der Waals surface area contributed by atoms with E-state index < -0.39 is 17.4 Å². The summed E-state index contributed by atoms with van der Waals surface area (Å²) >= 11 is 0. The molecule has 0 aromatic heterocycles. The smallest absolute Gasteiger partial charge is 0.313 e. The fraction of sp³-hybridized carbons (Fsp3) is 0.263. The van der Waals surface area contributed by atoms with Crippen molar-refractivity contribution < 1.29 is 24.2 Å². The van der Waals surface area contributed by atoms with Crippen LogP contribution in [0, 0.1) is 0 Å². The van der Waals surface area contributed by atoms with Gasteiger partial charge >= 0.3 is 11.8 Å². The highest BCUT2D eigenvalue weighted by Crippen LogP contribution is 2.36. The molecule has 2 aromatic carbocycles. The Morgan fingerprint density at radius 1 is 1.08 bits per heavy atom. The van der Waals surface area contributed by atoms with Gasteiger partial charge in [0.1, 0.15) is 5.60 Å². The molecule has 0 radical (unpaired) electrons. The fourth-order valence-electron chi connectivity index (χ4n) is 3.32. The zero-order chi connectivity index (χ0) is 18.1. The molecule has 0 saturated heterocycles. The topological polar surface area (TPSA) is 96.9 Å². The van der Waals surface area contributed by atoms with Crippen LogP contribution < -0.4 is 20.1 Å². The van der Waals surface area contributed by atoms with Crippen molar-refractivity contribution in [1.29, 1.82) is 0 Å². The molecule has 7 heteroatoms. The first-order valence-corrected chi connectivity index (χ1v) is 8.35. The first-order valence-electron chi connectivity index (χ1n) is 8.35. The van der Waals surface area contributed by atoms with E-state index in [9.17, 15) is 14.7 Å². The van der Waals surface area contributed by atoms with Crippen molar-refractivity contribution in [1.82, 2.24) is 5.32 Å². The Hall–Kier alpha value is -3.06. The second kappa shape index (κ2) is 6.34. The van der Waals surface area contributed by atoms with Gasteiger partial charge < -0.3 is 25.2 Å². The van der Waals surface area contributed by atoms with Gasteiger partial charge in [-0.2, -0.15) is 0 Å². The summed E-state index contributed by atoms with van der Waals surface area (Å²) in [7, 11) is 0. The zero-order valence-corrected chi connectivity index (χ0v) is 14.0. The van der Waals surface area contributed by atoms with Crippen molar-refractivity contribution in [3.05, 3.63) is 53.6 Å². The third-order valence-corrected chi connectivity index (χ3v) is 4.70. The van der Waals surface area contributed by atoms with Gasteiger partial charge in [0.05, 0.1) is 6.54 Å². The first kappa shape index (κ1) is 16.4. The van der Waals surface area contributed by atoms with Crippen LogP contribution in [0.4, 0.5) is 5.69 Å². The summed E-state index contributed by atoms with van der Waals surface area (Å²) in [5, 5.41) is 15.8. The van der Waals surface area contributed by atoms with Gasteiger partial charge in [-0.15, -0.1) is 0 Å². The number of benzene rings is 2. The molecule has 26 heavy (non-hydrogen) atoms. The molecule has 1 aliphatic heterocycles. The molecule has 1 heterocycles. The lowest BCUT2D eigenvalue weighted by molar-refractivity contribution is -0.136. The van der Waals surface area contributed by atoms with Crippen molar-refractivity contribution >= 4 is 17.5 Å². The minimum absolute atomic E-state index is 0.0165. The molecule has 1 atom stereocenters. The van der Waals surface area contributed by atoms with E-state index in [1.807, 2.05) is 24.3 Å². The van der Waals surface area contributed by atoms with E-state index in [1.54, 1.807) is 18.2 Å². The van der Waals surface area contributed by atoms with Gasteiger partial charge in [-0.05, 0) is 36.1 Å². The Bertz CT molecular complexity index is 882. The van der Waals surface area contributed by atoms with Crippen molar-refractivity contribution in [2.24, 2.45) is 0 Å². The minimum atomic E-state index is -1.15. The van der Waals surface area contributed by atoms with Gasteiger partial charge in [0.25, 0.3) is 0 Å². The summed E-state index contributed by atoms with van der Waals surface area (Å²) in [6.45, 7) is 0.116. The molecule has 0 fully saturated rings. The predicted molar refractivity (Wildman–Crippen MR) is 92.9 cm³/mol. The molecule has 4 rings (SSSR count). The number of carbonyl (C=O) groups is 2. The quantitative estimate of drug-likeness (QED) is 0.722. The fourth-order valence-corrected chi connectivity index (χ4v) is 3.32. The van der Waals surface area contributed by atoms with E-state index in [2.05, 4.69) is 10.6 Å². The maximum Gasteiger partial charge on any atom is 0.313 e. The average Bonchev–Trinajstić information content (AvgIpc) is 3.25. The SMILES string of the molecule is O=C(NCC1(O)CCc2ccccc21)C(=O)Nc1ccc2c(c1)OCO2. The predicted octanol–water partition coefficient (Wildman–Crippen LogP) is 1.30. The largest absolute Gasteiger partial charge is 0.454 e. The summed E-state index contributed by atoms with van der Waals surface area (Å²) in [4.78, 5) is 24.2. The first-order chi connectivity index (χ1) is 12.5. The van der Waals surface area contributed by atoms with Gasteiger partial charge in [-0.25, -0.2) is 0 Å². The minimum Gasteiger partial charge on any atom is -0.454 e. The number of aliphatic hydroxyl groups is 1. The summed E-state index contributed by atoms with van der Waals surface area (Å²) < 4.78 is 10.4. The Morgan fingerprint density at radius 2 is 1.88 bits per heavy atom. The molecule has 1 aliphatic carbocycles. The monoisotopic (exact) mass is 354 g/mol. The molecule has 2 aromatic rings. The second-order valence-corrected chi connectivity index (χ2v) is 6.39. The number of fused-ring (bicyclic) bond motifs is 2. The van der Waals surface area contributed by atoms with Crippen LogP contribution in [0.25, 0.3) is 0 Å². The van der Waals surface area contributed by atoms with Gasteiger partial charge in [0.2, 0.25) is 6.79 Å². The molecule has 2 aliphatic rings. The van der Waals surface area contributed by atoms with Crippen molar-refractivity contribution in [3.63, 3.8) is 0 Å². The summed E-state index contributed by atoms with van der Waals surface area (Å²) in [5.74, 6) is -0.506. The lowest BCUT2D eigenvalue weighted by Crippen LogP contribution is -2.43. The van der Waals surface area contributed by atoms with Gasteiger partial charge in [0.15, 0.2) is 11.5 Å². The Morgan fingerprint density at radius 3 is 2.77 bits per heavy atom. The number of ether oxygens (including phenoxy) is 2. The zero-order valence-electron chi connectivity index (χ0n) is 14.0. The highest BCUT2D eigenvalue weighted by Gasteiger charge is 2.37. The number of rotatable bonds is 3. The van der Waals surface area contributed by atoms with Crippen LogP contribution in [0.1, 0.15) is 17.5 Å². The number of carbonyl (C=O) groups excluding carboxylic acids is 2.